The molecule has 0 radical (unpaired) electrons. The Labute approximate surface area is 149 Å². The van der Waals surface area contributed by atoms with E-state index in [0.29, 0.717) is 6.61 Å². The minimum Gasteiger partial charge on any atom is -0.485 e. The number of aromatic amines is 1. The first-order chi connectivity index (χ1) is 12.4. The van der Waals surface area contributed by atoms with Gasteiger partial charge in [0.05, 0.1) is 6.54 Å². The molecule has 2 aliphatic heterocycles. The maximum atomic E-state index is 6.15. The first-order valence-electron chi connectivity index (χ1n) is 8.42. The van der Waals surface area contributed by atoms with Gasteiger partial charge in [0, 0.05) is 42.3 Å². The van der Waals surface area contributed by atoms with E-state index in [9.17, 15) is 0 Å². The molecule has 7 heteroatoms. The van der Waals surface area contributed by atoms with Crippen LogP contribution in [0, 0.1) is 0 Å². The Hall–Kier alpha value is -2.38. The van der Waals surface area contributed by atoms with Crippen molar-refractivity contribution in [3.8, 4) is 11.5 Å². The van der Waals surface area contributed by atoms with E-state index < -0.39 is 0 Å². The topological polar surface area (TPSA) is 63.3 Å². The lowest BCUT2D eigenvalue weighted by Crippen LogP contribution is -2.31. The molecule has 0 aliphatic carbocycles. The molecule has 3 aromatic rings. The lowest BCUT2D eigenvalue weighted by Gasteiger charge is -2.29. The van der Waals surface area contributed by atoms with Crippen molar-refractivity contribution >= 4 is 11.3 Å². The fourth-order valence-electron chi connectivity index (χ4n) is 3.45. The van der Waals surface area contributed by atoms with Crippen LogP contribution in [0.3, 0.4) is 0 Å². The molecule has 5 rings (SSSR count). The Kier molecular flexibility index (Phi) is 3.68. The molecule has 25 heavy (non-hydrogen) atoms. The number of nitrogens with one attached hydrogen (secondary N) is 1. The molecule has 2 aliphatic rings. The first kappa shape index (κ1) is 14.9. The van der Waals surface area contributed by atoms with E-state index in [4.69, 9.17) is 9.47 Å². The molecule has 0 amide bonds. The maximum absolute atomic E-state index is 6.15. The number of ether oxygens (including phenoxy) is 2. The number of para-hydroxylation sites is 2. The molecule has 4 heterocycles. The molecule has 1 unspecified atom stereocenters. The quantitative estimate of drug-likeness (QED) is 0.783. The number of rotatable bonds is 3. The van der Waals surface area contributed by atoms with E-state index in [1.165, 1.54) is 11.3 Å². The summed E-state index contributed by atoms with van der Waals surface area (Å²) in [5.74, 6) is 1.58. The fourth-order valence-corrected chi connectivity index (χ4v) is 4.11. The summed E-state index contributed by atoms with van der Waals surface area (Å²) in [5, 5.41) is 10.9. The minimum atomic E-state index is -0.172. The zero-order valence-corrected chi connectivity index (χ0v) is 14.5. The van der Waals surface area contributed by atoms with Crippen molar-refractivity contribution < 1.29 is 9.47 Å². The number of fused-ring (bicyclic) bond motifs is 2. The van der Waals surface area contributed by atoms with Gasteiger partial charge in [0.2, 0.25) is 0 Å². The second kappa shape index (κ2) is 6.16. The zero-order chi connectivity index (χ0) is 16.6. The van der Waals surface area contributed by atoms with E-state index in [1.807, 2.05) is 35.8 Å². The first-order valence-corrected chi connectivity index (χ1v) is 9.30. The van der Waals surface area contributed by atoms with Crippen molar-refractivity contribution in [3.63, 3.8) is 0 Å². The van der Waals surface area contributed by atoms with Crippen LogP contribution < -0.4 is 9.47 Å². The van der Waals surface area contributed by atoms with Gasteiger partial charge in [0.25, 0.3) is 0 Å². The highest BCUT2D eigenvalue weighted by Gasteiger charge is 2.30. The fraction of sp³-hybridized carbons (Fsp3) is 0.333. The van der Waals surface area contributed by atoms with Crippen molar-refractivity contribution in [2.24, 2.45) is 0 Å². The summed E-state index contributed by atoms with van der Waals surface area (Å²) >= 11 is 1.70. The van der Waals surface area contributed by atoms with Crippen LogP contribution in [-0.2, 0) is 19.5 Å². The third kappa shape index (κ3) is 2.79. The Morgan fingerprint density at radius 1 is 1.28 bits per heavy atom. The average molecular weight is 354 g/mol. The summed E-state index contributed by atoms with van der Waals surface area (Å²) in [6.07, 6.45) is 2.66. The molecule has 0 saturated carbocycles. The monoisotopic (exact) mass is 354 g/mol. The SMILES string of the molecule is c1ccc2c(c1)OCC(c1n[nH]c3c1CN(Cc1nccs1)CC3)O2. The van der Waals surface area contributed by atoms with E-state index in [-0.39, 0.29) is 6.10 Å². The van der Waals surface area contributed by atoms with Crippen molar-refractivity contribution in [1.82, 2.24) is 20.1 Å². The Morgan fingerprint density at radius 3 is 3.08 bits per heavy atom. The summed E-state index contributed by atoms with van der Waals surface area (Å²) in [7, 11) is 0. The smallest absolute Gasteiger partial charge is 0.177 e. The summed E-state index contributed by atoms with van der Waals surface area (Å²) in [5.41, 5.74) is 3.43. The van der Waals surface area contributed by atoms with Crippen molar-refractivity contribution in [2.45, 2.75) is 25.6 Å². The van der Waals surface area contributed by atoms with Gasteiger partial charge in [-0.1, -0.05) is 12.1 Å². The number of aromatic nitrogens is 3. The van der Waals surface area contributed by atoms with Gasteiger partial charge in [-0.2, -0.15) is 5.10 Å². The number of hydrogen-bond donors (Lipinski definition) is 1. The van der Waals surface area contributed by atoms with E-state index in [0.717, 1.165) is 48.3 Å². The second-order valence-corrected chi connectivity index (χ2v) is 7.30. The number of hydrogen-bond acceptors (Lipinski definition) is 6. The number of H-pyrrole nitrogens is 1. The van der Waals surface area contributed by atoms with Crippen LogP contribution in [0.15, 0.2) is 35.8 Å². The van der Waals surface area contributed by atoms with Gasteiger partial charge < -0.3 is 9.47 Å². The highest BCUT2D eigenvalue weighted by molar-refractivity contribution is 7.09. The molecule has 6 nitrogen and oxygen atoms in total. The van der Waals surface area contributed by atoms with Crippen LogP contribution in [0.1, 0.15) is 28.1 Å². The Bertz CT molecular complexity index is 877. The molecular formula is C18H18N4O2S. The van der Waals surface area contributed by atoms with Crippen molar-refractivity contribution in [3.05, 3.63) is 57.8 Å². The van der Waals surface area contributed by atoms with E-state index in [2.05, 4.69) is 20.1 Å². The lowest BCUT2D eigenvalue weighted by atomic mass is 10.0. The minimum absolute atomic E-state index is 0.172. The predicted molar refractivity (Wildman–Crippen MR) is 93.8 cm³/mol. The van der Waals surface area contributed by atoms with Gasteiger partial charge in [0.15, 0.2) is 17.6 Å². The summed E-state index contributed by atoms with van der Waals surface area (Å²) in [4.78, 5) is 6.81. The maximum Gasteiger partial charge on any atom is 0.177 e. The van der Waals surface area contributed by atoms with Crippen LogP contribution >= 0.6 is 11.3 Å². The normalized spacial score (nSPS) is 19.6. The molecule has 1 aromatic carbocycles. The molecule has 128 valence electrons. The zero-order valence-electron chi connectivity index (χ0n) is 13.6. The number of thiazole rings is 1. The van der Waals surface area contributed by atoms with Gasteiger partial charge in [0.1, 0.15) is 17.3 Å². The van der Waals surface area contributed by atoms with Crippen LogP contribution in [0.2, 0.25) is 0 Å². The van der Waals surface area contributed by atoms with Crippen molar-refractivity contribution in [1.29, 1.82) is 0 Å². The molecule has 0 saturated heterocycles. The molecule has 1 atom stereocenters. The summed E-state index contributed by atoms with van der Waals surface area (Å²) in [6, 6.07) is 7.78. The summed E-state index contributed by atoms with van der Waals surface area (Å²) in [6.45, 7) is 3.24. The third-order valence-electron chi connectivity index (χ3n) is 4.70. The average Bonchev–Trinajstić information content (AvgIpc) is 3.31. The third-order valence-corrected chi connectivity index (χ3v) is 5.46. The molecule has 1 N–H and O–H groups in total. The predicted octanol–water partition coefficient (Wildman–Crippen LogP) is 2.94. The molecule has 0 bridgehead atoms. The van der Waals surface area contributed by atoms with Gasteiger partial charge >= 0.3 is 0 Å². The second-order valence-electron chi connectivity index (χ2n) is 6.32. The van der Waals surface area contributed by atoms with Crippen LogP contribution in [0.4, 0.5) is 0 Å². The van der Waals surface area contributed by atoms with Gasteiger partial charge in [-0.05, 0) is 12.1 Å². The van der Waals surface area contributed by atoms with Crippen molar-refractivity contribution in [2.75, 3.05) is 13.2 Å². The lowest BCUT2D eigenvalue weighted by molar-refractivity contribution is 0.0867. The highest BCUT2D eigenvalue weighted by atomic mass is 32.1. The molecule has 0 spiro atoms. The highest BCUT2D eigenvalue weighted by Crippen LogP contribution is 2.37. The van der Waals surface area contributed by atoms with E-state index >= 15 is 0 Å². The molecular weight excluding hydrogens is 336 g/mol. The largest absolute Gasteiger partial charge is 0.485 e. The summed E-state index contributed by atoms with van der Waals surface area (Å²) < 4.78 is 12.0. The van der Waals surface area contributed by atoms with Gasteiger partial charge in [-0.15, -0.1) is 11.3 Å². The van der Waals surface area contributed by atoms with Crippen LogP contribution in [0.25, 0.3) is 0 Å². The van der Waals surface area contributed by atoms with Gasteiger partial charge in [-0.3, -0.25) is 10.00 Å². The standard InChI is InChI=1S/C18H18N4O2S/c1-2-4-15-14(3-1)23-11-16(24-15)18-12-9-22(7-5-13(12)20-21-18)10-17-19-6-8-25-17/h1-4,6,8,16H,5,7,9-11H2,(H,20,21). The van der Waals surface area contributed by atoms with Gasteiger partial charge in [-0.25, -0.2) is 4.98 Å². The van der Waals surface area contributed by atoms with Crippen LogP contribution in [0.5, 0.6) is 11.5 Å². The number of nitrogens with zero attached hydrogens (tertiary/aromatic N) is 3. The van der Waals surface area contributed by atoms with E-state index in [1.54, 1.807) is 11.3 Å². The Balaban J connectivity index is 1.37. The molecule has 2 aromatic heterocycles. The Morgan fingerprint density at radius 2 is 2.20 bits per heavy atom. The number of benzene rings is 1. The molecule has 0 fully saturated rings. The van der Waals surface area contributed by atoms with Crippen LogP contribution in [-0.4, -0.2) is 33.2 Å².